The van der Waals surface area contributed by atoms with E-state index in [4.69, 9.17) is 0 Å². The molecule has 0 fully saturated rings. The average Bonchev–Trinajstić information content (AvgIpc) is 1.66. The Hall–Kier alpha value is 0. The first-order valence-electron chi connectivity index (χ1n) is 3.38. The minimum atomic E-state index is 0.634. The zero-order valence-corrected chi connectivity index (χ0v) is 5.98. The lowest BCUT2D eigenvalue weighted by Gasteiger charge is -2.00. The molecule has 0 aromatic carbocycles. The van der Waals surface area contributed by atoms with Crippen LogP contribution in [0.4, 0.5) is 0 Å². The van der Waals surface area contributed by atoms with Gasteiger partial charge in [0.2, 0.25) is 0 Å². The summed E-state index contributed by atoms with van der Waals surface area (Å²) in [5, 5.41) is 0. The first-order chi connectivity index (χ1) is 3.77. The molecule has 0 saturated heterocycles. The van der Waals surface area contributed by atoms with E-state index in [1.165, 1.54) is 19.3 Å². The van der Waals surface area contributed by atoms with Crippen LogP contribution in [-0.2, 0) is 0 Å². The average molecular weight is 112 g/mol. The van der Waals surface area contributed by atoms with E-state index >= 15 is 0 Å². The summed E-state index contributed by atoms with van der Waals surface area (Å²) in [4.78, 5) is 0. The summed E-state index contributed by atoms with van der Waals surface area (Å²) in [5.74, 6) is 0.634. The van der Waals surface area contributed by atoms with Gasteiger partial charge in [0.1, 0.15) is 0 Å². The maximum absolute atomic E-state index is 3.90. The monoisotopic (exact) mass is 112 g/mol. The molecule has 1 atom stereocenters. The Morgan fingerprint density at radius 1 is 1.62 bits per heavy atom. The topological polar surface area (TPSA) is 0 Å². The Morgan fingerprint density at radius 3 is 2.62 bits per heavy atom. The molecule has 0 aliphatic heterocycles. The summed E-state index contributed by atoms with van der Waals surface area (Å²) in [6.07, 6.45) is 6.04. The Kier molecular flexibility index (Phi) is 5.14. The van der Waals surface area contributed by atoms with E-state index in [2.05, 4.69) is 27.2 Å². The Labute approximate surface area is 53.3 Å². The molecule has 0 saturated carbocycles. The molecule has 48 valence electrons. The van der Waals surface area contributed by atoms with Crippen LogP contribution in [0.3, 0.4) is 0 Å². The summed E-state index contributed by atoms with van der Waals surface area (Å²) in [7, 11) is 0. The van der Waals surface area contributed by atoms with E-state index in [1.54, 1.807) is 0 Å². The molecule has 1 unspecified atom stereocenters. The van der Waals surface area contributed by atoms with Crippen LogP contribution in [0.2, 0.25) is 0 Å². The predicted molar refractivity (Wildman–Crippen MR) is 38.3 cm³/mol. The molecule has 8 heavy (non-hydrogen) atoms. The fourth-order valence-corrected chi connectivity index (χ4v) is 0.670. The Bertz CT molecular complexity index is 37.3. The lowest BCUT2D eigenvalue weighted by Crippen LogP contribution is -1.86. The molecule has 0 rings (SSSR count). The highest BCUT2D eigenvalue weighted by molar-refractivity contribution is 4.59. The van der Waals surface area contributed by atoms with Crippen molar-refractivity contribution >= 4 is 0 Å². The summed E-state index contributed by atoms with van der Waals surface area (Å²) >= 11 is 0. The van der Waals surface area contributed by atoms with Gasteiger partial charge in [-0.3, -0.25) is 0 Å². The highest BCUT2D eigenvalue weighted by Crippen LogP contribution is 2.05. The van der Waals surface area contributed by atoms with Crippen molar-refractivity contribution < 1.29 is 0 Å². The standard InChI is InChI=1S/C8H16/c1-4-5-6-7-8(2)3/h4,8H,2,5-7H2,1,3H3. The number of hydrogen-bond acceptors (Lipinski definition) is 0. The second kappa shape index (κ2) is 5.14. The molecule has 0 aromatic heterocycles. The van der Waals surface area contributed by atoms with E-state index in [0.717, 1.165) is 0 Å². The molecule has 0 N–H and O–H groups in total. The van der Waals surface area contributed by atoms with E-state index in [0.29, 0.717) is 5.92 Å². The van der Waals surface area contributed by atoms with Gasteiger partial charge in [0.05, 0.1) is 0 Å². The first-order valence-corrected chi connectivity index (χ1v) is 3.38. The Morgan fingerprint density at radius 2 is 2.25 bits per heavy atom. The van der Waals surface area contributed by atoms with Crippen LogP contribution in [0.25, 0.3) is 0 Å². The zero-order chi connectivity index (χ0) is 6.41. The van der Waals surface area contributed by atoms with Crippen molar-refractivity contribution in [1.29, 1.82) is 0 Å². The second-order valence-corrected chi connectivity index (χ2v) is 2.44. The molecular weight excluding hydrogens is 96.1 g/mol. The van der Waals surface area contributed by atoms with Crippen molar-refractivity contribution in [2.75, 3.05) is 0 Å². The van der Waals surface area contributed by atoms with Gasteiger partial charge in [0.15, 0.2) is 0 Å². The summed E-state index contributed by atoms with van der Waals surface area (Å²) in [6, 6.07) is 0. The third-order valence-electron chi connectivity index (χ3n) is 1.19. The van der Waals surface area contributed by atoms with Gasteiger partial charge in [0.25, 0.3) is 0 Å². The van der Waals surface area contributed by atoms with Crippen LogP contribution < -0.4 is 0 Å². The van der Waals surface area contributed by atoms with Crippen molar-refractivity contribution in [3.63, 3.8) is 0 Å². The lowest BCUT2D eigenvalue weighted by molar-refractivity contribution is 0.600. The summed E-state index contributed by atoms with van der Waals surface area (Å²) < 4.78 is 0. The minimum absolute atomic E-state index is 0.634. The SMILES string of the molecule is [CH2]C(C)CCC[CH]C. The molecular formula is C8H16. The van der Waals surface area contributed by atoms with Crippen LogP contribution in [0.5, 0.6) is 0 Å². The number of hydrogen-bond donors (Lipinski definition) is 0. The van der Waals surface area contributed by atoms with Crippen LogP contribution >= 0.6 is 0 Å². The first kappa shape index (κ1) is 8.00. The number of rotatable bonds is 4. The second-order valence-electron chi connectivity index (χ2n) is 2.44. The van der Waals surface area contributed by atoms with E-state index < -0.39 is 0 Å². The van der Waals surface area contributed by atoms with Crippen molar-refractivity contribution in [3.05, 3.63) is 13.3 Å². The van der Waals surface area contributed by atoms with Crippen LogP contribution in [0.1, 0.15) is 33.1 Å². The molecule has 0 bridgehead atoms. The number of unbranched alkanes of at least 4 members (excludes halogenated alkanes) is 2. The van der Waals surface area contributed by atoms with Crippen molar-refractivity contribution in [2.24, 2.45) is 5.92 Å². The largest absolute Gasteiger partial charge is 0.0625 e. The molecule has 0 heteroatoms. The van der Waals surface area contributed by atoms with Gasteiger partial charge in [-0.2, -0.15) is 0 Å². The normalized spacial score (nSPS) is 10.5. The smallest absolute Gasteiger partial charge is 0.0417 e. The van der Waals surface area contributed by atoms with Gasteiger partial charge in [-0.15, -0.1) is 0 Å². The molecule has 0 aromatic rings. The van der Waals surface area contributed by atoms with Gasteiger partial charge in [-0.05, 0) is 12.3 Å². The van der Waals surface area contributed by atoms with Gasteiger partial charge >= 0.3 is 0 Å². The van der Waals surface area contributed by atoms with Crippen LogP contribution in [0.15, 0.2) is 0 Å². The molecule has 0 heterocycles. The molecule has 0 aliphatic carbocycles. The maximum atomic E-state index is 3.90. The molecule has 0 amide bonds. The minimum Gasteiger partial charge on any atom is -0.0625 e. The van der Waals surface area contributed by atoms with Crippen molar-refractivity contribution in [3.8, 4) is 0 Å². The van der Waals surface area contributed by atoms with Gasteiger partial charge in [-0.1, -0.05) is 40.0 Å². The van der Waals surface area contributed by atoms with Gasteiger partial charge in [-0.25, -0.2) is 0 Å². The van der Waals surface area contributed by atoms with Crippen molar-refractivity contribution in [2.45, 2.75) is 33.1 Å². The van der Waals surface area contributed by atoms with E-state index in [1.807, 2.05) is 0 Å². The molecule has 2 radical (unpaired) electrons. The highest BCUT2D eigenvalue weighted by Gasteiger charge is 1.90. The van der Waals surface area contributed by atoms with Gasteiger partial charge in [0, 0.05) is 0 Å². The van der Waals surface area contributed by atoms with E-state index in [9.17, 15) is 0 Å². The molecule has 0 nitrogen and oxygen atoms in total. The van der Waals surface area contributed by atoms with Crippen LogP contribution in [-0.4, -0.2) is 0 Å². The Balaban J connectivity index is 2.72. The highest BCUT2D eigenvalue weighted by atomic mass is 14.0. The molecule has 0 aliphatic rings. The lowest BCUT2D eigenvalue weighted by atomic mass is 10.1. The third-order valence-corrected chi connectivity index (χ3v) is 1.19. The fraction of sp³-hybridized carbons (Fsp3) is 0.750. The zero-order valence-electron chi connectivity index (χ0n) is 5.98. The summed E-state index contributed by atoms with van der Waals surface area (Å²) in [6.45, 7) is 8.16. The quantitative estimate of drug-likeness (QED) is 0.490. The fourth-order valence-electron chi connectivity index (χ4n) is 0.670. The maximum Gasteiger partial charge on any atom is -0.0417 e. The van der Waals surface area contributed by atoms with Crippen LogP contribution in [0, 0.1) is 19.3 Å². The van der Waals surface area contributed by atoms with E-state index in [-0.39, 0.29) is 0 Å². The third kappa shape index (κ3) is 6.00. The summed E-state index contributed by atoms with van der Waals surface area (Å²) in [5.41, 5.74) is 0. The predicted octanol–water partition coefficient (Wildman–Crippen LogP) is 2.85. The molecule has 0 spiro atoms. The van der Waals surface area contributed by atoms with Crippen molar-refractivity contribution in [1.82, 2.24) is 0 Å². The van der Waals surface area contributed by atoms with Gasteiger partial charge < -0.3 is 0 Å².